The molecule has 1 aliphatic carbocycles. The highest BCUT2D eigenvalue weighted by Gasteiger charge is 2.45. The smallest absolute Gasteiger partial charge is 0.0844 e. The summed E-state index contributed by atoms with van der Waals surface area (Å²) in [6, 6.07) is 0. The van der Waals surface area contributed by atoms with Gasteiger partial charge < -0.3 is 4.74 Å². The largest absolute Gasteiger partial charge is 0.370 e. The molecule has 0 amide bonds. The number of epoxide rings is 1. The van der Waals surface area contributed by atoms with Crippen molar-refractivity contribution in [2.24, 2.45) is 5.92 Å². The molecule has 0 spiro atoms. The molecule has 1 aliphatic heterocycles. The summed E-state index contributed by atoms with van der Waals surface area (Å²) >= 11 is 0. The van der Waals surface area contributed by atoms with Gasteiger partial charge in [-0.05, 0) is 18.8 Å². The van der Waals surface area contributed by atoms with Crippen molar-refractivity contribution in [1.29, 1.82) is 0 Å². The van der Waals surface area contributed by atoms with Crippen LogP contribution in [0.15, 0.2) is 0 Å². The minimum Gasteiger partial charge on any atom is -0.370 e. The van der Waals surface area contributed by atoms with Crippen LogP contribution in [0.25, 0.3) is 0 Å². The van der Waals surface area contributed by atoms with Crippen molar-refractivity contribution in [2.45, 2.75) is 32.0 Å². The number of hydrogen-bond donors (Lipinski definition) is 0. The van der Waals surface area contributed by atoms with Crippen molar-refractivity contribution in [2.75, 3.05) is 0 Å². The Morgan fingerprint density at radius 1 is 1.29 bits per heavy atom. The third-order valence-corrected chi connectivity index (χ3v) is 1.96. The van der Waals surface area contributed by atoms with Crippen molar-refractivity contribution < 1.29 is 4.74 Å². The maximum Gasteiger partial charge on any atom is 0.0844 e. The summed E-state index contributed by atoms with van der Waals surface area (Å²) in [4.78, 5) is 0. The standard InChI is InChI=1S/C6H10O/c1-4-2-5-6(3-4)7-5/h4-6H,2-3H2,1H3/t4?,5-,6?/m0/s1. The van der Waals surface area contributed by atoms with Gasteiger partial charge in [-0.1, -0.05) is 6.92 Å². The number of ether oxygens (including phenoxy) is 1. The Balaban J connectivity index is 2.02. The molecule has 0 aromatic heterocycles. The molecule has 0 aromatic carbocycles. The molecule has 3 atom stereocenters. The van der Waals surface area contributed by atoms with E-state index in [2.05, 4.69) is 6.92 Å². The molecular weight excluding hydrogens is 88.1 g/mol. The summed E-state index contributed by atoms with van der Waals surface area (Å²) in [5.74, 6) is 0.948. The highest BCUT2D eigenvalue weighted by molar-refractivity contribution is 4.93. The van der Waals surface area contributed by atoms with Crippen LogP contribution in [0.5, 0.6) is 0 Å². The van der Waals surface area contributed by atoms with Crippen LogP contribution in [-0.4, -0.2) is 12.2 Å². The number of rotatable bonds is 0. The minimum atomic E-state index is 0.690. The molecular formula is C6H10O. The van der Waals surface area contributed by atoms with Gasteiger partial charge in [0.15, 0.2) is 0 Å². The van der Waals surface area contributed by atoms with Crippen molar-refractivity contribution >= 4 is 0 Å². The predicted molar refractivity (Wildman–Crippen MR) is 27.1 cm³/mol. The third kappa shape index (κ3) is 0.480. The normalized spacial score (nSPS) is 57.0. The molecule has 1 heteroatoms. The lowest BCUT2D eigenvalue weighted by Crippen LogP contribution is -1.90. The second-order valence-corrected chi connectivity index (χ2v) is 2.79. The van der Waals surface area contributed by atoms with Gasteiger partial charge in [-0.25, -0.2) is 0 Å². The molecule has 2 aliphatic rings. The van der Waals surface area contributed by atoms with Gasteiger partial charge >= 0.3 is 0 Å². The zero-order chi connectivity index (χ0) is 4.85. The molecule has 40 valence electrons. The van der Waals surface area contributed by atoms with Gasteiger partial charge in [-0.3, -0.25) is 0 Å². The van der Waals surface area contributed by atoms with Crippen molar-refractivity contribution in [3.05, 3.63) is 0 Å². The van der Waals surface area contributed by atoms with E-state index in [-0.39, 0.29) is 0 Å². The summed E-state index contributed by atoms with van der Waals surface area (Å²) in [7, 11) is 0. The van der Waals surface area contributed by atoms with E-state index < -0.39 is 0 Å². The molecule has 2 rings (SSSR count). The first kappa shape index (κ1) is 3.90. The van der Waals surface area contributed by atoms with E-state index in [0.29, 0.717) is 12.2 Å². The molecule has 7 heavy (non-hydrogen) atoms. The van der Waals surface area contributed by atoms with Crippen LogP contribution in [0.1, 0.15) is 19.8 Å². The van der Waals surface area contributed by atoms with E-state index in [0.717, 1.165) is 5.92 Å². The third-order valence-electron chi connectivity index (χ3n) is 1.96. The molecule has 0 radical (unpaired) electrons. The maximum atomic E-state index is 5.22. The summed E-state index contributed by atoms with van der Waals surface area (Å²) in [5.41, 5.74) is 0. The molecule has 1 heterocycles. The zero-order valence-electron chi connectivity index (χ0n) is 4.55. The molecule has 0 aromatic rings. The van der Waals surface area contributed by atoms with E-state index in [9.17, 15) is 0 Å². The summed E-state index contributed by atoms with van der Waals surface area (Å²) in [5, 5.41) is 0. The first-order valence-corrected chi connectivity index (χ1v) is 3.02. The van der Waals surface area contributed by atoms with Gasteiger partial charge in [0.1, 0.15) is 0 Å². The monoisotopic (exact) mass is 98.1 g/mol. The second-order valence-electron chi connectivity index (χ2n) is 2.79. The molecule has 1 saturated carbocycles. The fraction of sp³-hybridized carbons (Fsp3) is 1.00. The van der Waals surface area contributed by atoms with Crippen LogP contribution in [0.3, 0.4) is 0 Å². The molecule has 2 unspecified atom stereocenters. The van der Waals surface area contributed by atoms with Gasteiger partial charge in [0.2, 0.25) is 0 Å². The van der Waals surface area contributed by atoms with Gasteiger partial charge in [-0.2, -0.15) is 0 Å². The summed E-state index contributed by atoms with van der Waals surface area (Å²) < 4.78 is 5.22. The SMILES string of the molecule is CC1CC2O[C@H]2C1. The second kappa shape index (κ2) is 1.03. The number of fused-ring (bicyclic) bond motifs is 1. The summed E-state index contributed by atoms with van der Waals surface area (Å²) in [6.07, 6.45) is 4.03. The Kier molecular flexibility index (Phi) is 0.571. The van der Waals surface area contributed by atoms with E-state index in [1.54, 1.807) is 0 Å². The lowest BCUT2D eigenvalue weighted by molar-refractivity contribution is 0.283. The van der Waals surface area contributed by atoms with Crippen LogP contribution in [0.2, 0.25) is 0 Å². The fourth-order valence-electron chi connectivity index (χ4n) is 1.48. The van der Waals surface area contributed by atoms with Crippen LogP contribution in [0.4, 0.5) is 0 Å². The fourth-order valence-corrected chi connectivity index (χ4v) is 1.48. The lowest BCUT2D eigenvalue weighted by Gasteiger charge is -1.98. The van der Waals surface area contributed by atoms with E-state index >= 15 is 0 Å². The molecule has 1 saturated heterocycles. The molecule has 1 nitrogen and oxygen atoms in total. The maximum absolute atomic E-state index is 5.22. The number of hydrogen-bond acceptors (Lipinski definition) is 1. The van der Waals surface area contributed by atoms with Crippen molar-refractivity contribution in [3.63, 3.8) is 0 Å². The van der Waals surface area contributed by atoms with Crippen molar-refractivity contribution in [1.82, 2.24) is 0 Å². The van der Waals surface area contributed by atoms with Crippen LogP contribution in [0, 0.1) is 5.92 Å². The molecule has 2 fully saturated rings. The Labute approximate surface area is 43.7 Å². The Morgan fingerprint density at radius 3 is 2.14 bits per heavy atom. The minimum absolute atomic E-state index is 0.690. The van der Waals surface area contributed by atoms with E-state index in [1.165, 1.54) is 12.8 Å². The highest BCUT2D eigenvalue weighted by atomic mass is 16.6. The van der Waals surface area contributed by atoms with Crippen molar-refractivity contribution in [3.8, 4) is 0 Å². The topological polar surface area (TPSA) is 12.5 Å². The first-order valence-electron chi connectivity index (χ1n) is 3.02. The van der Waals surface area contributed by atoms with Gasteiger partial charge in [-0.15, -0.1) is 0 Å². The zero-order valence-corrected chi connectivity index (χ0v) is 4.55. The van der Waals surface area contributed by atoms with E-state index in [4.69, 9.17) is 4.74 Å². The first-order chi connectivity index (χ1) is 3.36. The Bertz CT molecular complexity index is 80.2. The van der Waals surface area contributed by atoms with E-state index in [1.807, 2.05) is 0 Å². The quantitative estimate of drug-likeness (QED) is 0.414. The highest BCUT2D eigenvalue weighted by Crippen LogP contribution is 2.41. The van der Waals surface area contributed by atoms with Gasteiger partial charge in [0.05, 0.1) is 12.2 Å². The molecule has 0 N–H and O–H groups in total. The van der Waals surface area contributed by atoms with Gasteiger partial charge in [0.25, 0.3) is 0 Å². The average molecular weight is 98.1 g/mol. The average Bonchev–Trinajstić information content (AvgIpc) is 2.15. The van der Waals surface area contributed by atoms with Crippen LogP contribution >= 0.6 is 0 Å². The van der Waals surface area contributed by atoms with Gasteiger partial charge in [0, 0.05) is 0 Å². The predicted octanol–water partition coefficient (Wildman–Crippen LogP) is 1.18. The molecule has 0 bridgehead atoms. The van der Waals surface area contributed by atoms with Crippen LogP contribution in [-0.2, 0) is 4.74 Å². The van der Waals surface area contributed by atoms with Crippen LogP contribution < -0.4 is 0 Å². The Morgan fingerprint density at radius 2 is 1.86 bits per heavy atom. The lowest BCUT2D eigenvalue weighted by atomic mass is 10.1. The Hall–Kier alpha value is -0.0400. The summed E-state index contributed by atoms with van der Waals surface area (Å²) in [6.45, 7) is 2.30.